The lowest BCUT2D eigenvalue weighted by atomic mass is 10.1. The van der Waals surface area contributed by atoms with Gasteiger partial charge in [0.2, 0.25) is 11.8 Å². The third kappa shape index (κ3) is 6.54. The zero-order valence-corrected chi connectivity index (χ0v) is 19.1. The van der Waals surface area contributed by atoms with Crippen molar-refractivity contribution in [1.82, 2.24) is 10.2 Å². The zero-order valence-electron chi connectivity index (χ0n) is 16.0. The average molecular weight is 484 g/mol. The number of thioether (sulfide) groups is 1. The van der Waals surface area contributed by atoms with Crippen LogP contribution in [-0.2, 0) is 21.9 Å². The topological polar surface area (TPSA) is 49.4 Å². The number of amides is 2. The standard InChI is InChI=1S/C21H24BrClN2O2S/c1-3-19(21(27)24-2)25(12-16-6-4-5-7-18(16)23)20(26)14-28-13-15-8-10-17(22)11-9-15/h4-11,19H,3,12-14H2,1-2H3,(H,24,27)/t19-/m0/s1. The van der Waals surface area contributed by atoms with E-state index in [9.17, 15) is 9.59 Å². The summed E-state index contributed by atoms with van der Waals surface area (Å²) in [5.41, 5.74) is 1.98. The molecule has 0 heterocycles. The van der Waals surface area contributed by atoms with E-state index in [1.165, 1.54) is 11.8 Å². The third-order valence-corrected chi connectivity index (χ3v) is 6.22. The van der Waals surface area contributed by atoms with Crippen LogP contribution in [0.1, 0.15) is 24.5 Å². The van der Waals surface area contributed by atoms with Gasteiger partial charge in [0.15, 0.2) is 0 Å². The Morgan fingerprint density at radius 1 is 1.18 bits per heavy atom. The summed E-state index contributed by atoms with van der Waals surface area (Å²) >= 11 is 11.2. The van der Waals surface area contributed by atoms with E-state index in [1.807, 2.05) is 49.4 Å². The third-order valence-electron chi connectivity index (χ3n) is 4.34. The molecule has 0 aliphatic rings. The van der Waals surface area contributed by atoms with Crippen LogP contribution >= 0.6 is 39.3 Å². The van der Waals surface area contributed by atoms with Gasteiger partial charge in [0.05, 0.1) is 5.75 Å². The minimum Gasteiger partial charge on any atom is -0.357 e. The first-order chi connectivity index (χ1) is 13.5. The smallest absolute Gasteiger partial charge is 0.242 e. The Kier molecular flexibility index (Phi) is 9.35. The molecule has 2 aromatic rings. The largest absolute Gasteiger partial charge is 0.357 e. The number of halogens is 2. The molecule has 0 aliphatic carbocycles. The lowest BCUT2D eigenvalue weighted by Gasteiger charge is -2.30. The average Bonchev–Trinajstić information content (AvgIpc) is 2.70. The normalized spacial score (nSPS) is 11.7. The molecule has 150 valence electrons. The summed E-state index contributed by atoms with van der Waals surface area (Å²) in [7, 11) is 1.59. The van der Waals surface area contributed by atoms with Gasteiger partial charge in [-0.3, -0.25) is 9.59 Å². The van der Waals surface area contributed by atoms with E-state index in [2.05, 4.69) is 21.2 Å². The van der Waals surface area contributed by atoms with E-state index in [-0.39, 0.29) is 11.8 Å². The van der Waals surface area contributed by atoms with Crippen LogP contribution in [0.2, 0.25) is 5.02 Å². The van der Waals surface area contributed by atoms with Gasteiger partial charge in [0.1, 0.15) is 6.04 Å². The van der Waals surface area contributed by atoms with Crippen LogP contribution in [-0.4, -0.2) is 35.6 Å². The monoisotopic (exact) mass is 482 g/mol. The number of hydrogen-bond donors (Lipinski definition) is 1. The van der Waals surface area contributed by atoms with Crippen LogP contribution in [0.15, 0.2) is 53.0 Å². The number of benzene rings is 2. The summed E-state index contributed by atoms with van der Waals surface area (Å²) in [4.78, 5) is 27.0. The van der Waals surface area contributed by atoms with Crippen LogP contribution in [0.25, 0.3) is 0 Å². The van der Waals surface area contributed by atoms with Crippen molar-refractivity contribution in [2.75, 3.05) is 12.8 Å². The summed E-state index contributed by atoms with van der Waals surface area (Å²) in [6.45, 7) is 2.21. The number of hydrogen-bond acceptors (Lipinski definition) is 3. The van der Waals surface area contributed by atoms with Crippen molar-refractivity contribution in [1.29, 1.82) is 0 Å². The Labute approximate surface area is 184 Å². The minimum absolute atomic E-state index is 0.0718. The number of nitrogens with one attached hydrogen (secondary N) is 1. The SMILES string of the molecule is CC[C@@H](C(=O)NC)N(Cc1ccccc1Cl)C(=O)CSCc1ccc(Br)cc1. The number of carbonyl (C=O) groups is 2. The van der Waals surface area contributed by atoms with E-state index in [4.69, 9.17) is 11.6 Å². The highest BCUT2D eigenvalue weighted by molar-refractivity contribution is 9.10. The van der Waals surface area contributed by atoms with Crippen molar-refractivity contribution >= 4 is 51.1 Å². The van der Waals surface area contributed by atoms with E-state index >= 15 is 0 Å². The zero-order chi connectivity index (χ0) is 20.5. The molecule has 0 aromatic heterocycles. The van der Waals surface area contributed by atoms with Crippen molar-refractivity contribution in [3.05, 3.63) is 69.2 Å². The molecule has 2 aromatic carbocycles. The lowest BCUT2D eigenvalue weighted by molar-refractivity contribution is -0.139. The molecule has 4 nitrogen and oxygen atoms in total. The Morgan fingerprint density at radius 3 is 2.46 bits per heavy atom. The van der Waals surface area contributed by atoms with Gasteiger partial charge in [-0.1, -0.05) is 64.8 Å². The number of rotatable bonds is 9. The predicted octanol–water partition coefficient (Wildman–Crippen LogP) is 4.89. The molecular formula is C21H24BrClN2O2S. The maximum Gasteiger partial charge on any atom is 0.242 e. The fourth-order valence-electron chi connectivity index (χ4n) is 2.82. The van der Waals surface area contributed by atoms with Crippen molar-refractivity contribution in [3.8, 4) is 0 Å². The second-order valence-corrected chi connectivity index (χ2v) is 8.58. The molecule has 0 unspecified atom stereocenters. The summed E-state index contributed by atoms with van der Waals surface area (Å²) in [6, 6.07) is 14.9. The quantitative estimate of drug-likeness (QED) is 0.552. The maximum atomic E-state index is 13.0. The van der Waals surface area contributed by atoms with E-state index in [1.54, 1.807) is 18.0 Å². The van der Waals surface area contributed by atoms with Gasteiger partial charge in [-0.05, 0) is 35.7 Å². The van der Waals surface area contributed by atoms with Gasteiger partial charge < -0.3 is 10.2 Å². The minimum atomic E-state index is -0.526. The second-order valence-electron chi connectivity index (χ2n) is 6.27. The Hall–Kier alpha value is -1.50. The molecule has 0 saturated heterocycles. The second kappa shape index (κ2) is 11.5. The highest BCUT2D eigenvalue weighted by atomic mass is 79.9. The molecular weight excluding hydrogens is 460 g/mol. The van der Waals surface area contributed by atoms with Crippen LogP contribution in [0.3, 0.4) is 0 Å². The molecule has 1 N–H and O–H groups in total. The fourth-order valence-corrected chi connectivity index (χ4v) is 4.15. The summed E-state index contributed by atoms with van der Waals surface area (Å²) in [5.74, 6) is 0.794. The Balaban J connectivity index is 2.10. The fraction of sp³-hybridized carbons (Fsp3) is 0.333. The van der Waals surface area contributed by atoms with Crippen molar-refractivity contribution in [2.45, 2.75) is 31.7 Å². The molecule has 0 aliphatic heterocycles. The predicted molar refractivity (Wildman–Crippen MR) is 120 cm³/mol. The van der Waals surface area contributed by atoms with Gasteiger partial charge in [-0.15, -0.1) is 11.8 Å². The Morgan fingerprint density at radius 2 is 1.86 bits per heavy atom. The van der Waals surface area contributed by atoms with Crippen LogP contribution < -0.4 is 5.32 Å². The molecule has 2 rings (SSSR count). The van der Waals surface area contributed by atoms with Gasteiger partial charge in [0.25, 0.3) is 0 Å². The summed E-state index contributed by atoms with van der Waals surface area (Å²) in [5, 5.41) is 3.25. The molecule has 2 amide bonds. The maximum absolute atomic E-state index is 13.0. The van der Waals surface area contributed by atoms with Crippen molar-refractivity contribution in [2.24, 2.45) is 0 Å². The number of likely N-dealkylation sites (N-methyl/N-ethyl adjacent to an activating group) is 1. The highest BCUT2D eigenvalue weighted by Crippen LogP contribution is 2.21. The first kappa shape index (κ1) is 22.8. The molecule has 1 atom stereocenters. The van der Waals surface area contributed by atoms with Crippen molar-refractivity contribution < 1.29 is 9.59 Å². The summed E-state index contributed by atoms with van der Waals surface area (Å²) in [6.07, 6.45) is 0.535. The molecule has 0 fully saturated rings. The lowest BCUT2D eigenvalue weighted by Crippen LogP contribution is -2.48. The molecule has 28 heavy (non-hydrogen) atoms. The summed E-state index contributed by atoms with van der Waals surface area (Å²) < 4.78 is 1.03. The van der Waals surface area contributed by atoms with Gasteiger partial charge >= 0.3 is 0 Å². The van der Waals surface area contributed by atoms with Crippen LogP contribution in [0.5, 0.6) is 0 Å². The Bertz CT molecular complexity index is 801. The van der Waals surface area contributed by atoms with Crippen molar-refractivity contribution in [3.63, 3.8) is 0 Å². The first-order valence-corrected chi connectivity index (χ1v) is 11.4. The molecule has 0 spiro atoms. The molecule has 0 radical (unpaired) electrons. The number of nitrogens with zero attached hydrogens (tertiary/aromatic N) is 1. The van der Waals surface area contributed by atoms with E-state index < -0.39 is 6.04 Å². The number of carbonyl (C=O) groups excluding carboxylic acids is 2. The van der Waals surface area contributed by atoms with Crippen LogP contribution in [0.4, 0.5) is 0 Å². The van der Waals surface area contributed by atoms with Gasteiger partial charge in [0, 0.05) is 28.8 Å². The van der Waals surface area contributed by atoms with E-state index in [0.717, 1.165) is 21.4 Å². The highest BCUT2D eigenvalue weighted by Gasteiger charge is 2.28. The van der Waals surface area contributed by atoms with E-state index in [0.29, 0.717) is 23.7 Å². The first-order valence-electron chi connectivity index (χ1n) is 9.03. The van der Waals surface area contributed by atoms with Gasteiger partial charge in [-0.25, -0.2) is 0 Å². The van der Waals surface area contributed by atoms with Crippen LogP contribution in [0, 0.1) is 0 Å². The molecule has 0 saturated carbocycles. The molecule has 7 heteroatoms. The van der Waals surface area contributed by atoms with Gasteiger partial charge in [-0.2, -0.15) is 0 Å². The molecule has 0 bridgehead atoms.